The minimum Gasteiger partial charge on any atom is -0.399 e. The van der Waals surface area contributed by atoms with Crippen LogP contribution in [0.25, 0.3) is 0 Å². The van der Waals surface area contributed by atoms with Crippen molar-refractivity contribution in [1.82, 2.24) is 5.32 Å². The number of hydrogen-bond donors (Lipinski definition) is 1. The highest BCUT2D eigenvalue weighted by Crippen LogP contribution is 2.36. The molecule has 1 aliphatic heterocycles. The molecule has 0 bridgehead atoms. The molecule has 1 saturated heterocycles. The van der Waals surface area contributed by atoms with Gasteiger partial charge in [-0.25, -0.2) is 0 Å². The molecule has 1 heterocycles. The average molecular weight is 319 g/mol. The van der Waals surface area contributed by atoms with Crippen LogP contribution >= 0.6 is 0 Å². The smallest absolute Gasteiger partial charge is 0.399 e. The first-order chi connectivity index (χ1) is 10.8. The van der Waals surface area contributed by atoms with Gasteiger partial charge in [0.2, 0.25) is 5.91 Å². The highest BCUT2D eigenvalue weighted by Gasteiger charge is 2.52. The Labute approximate surface area is 138 Å². The summed E-state index contributed by atoms with van der Waals surface area (Å²) in [5.74, 6) is -0.0361. The number of ether oxygens (including phenoxy) is 1. The second-order valence-electron chi connectivity index (χ2n) is 6.81. The number of methoxy groups -OCH3 is 1. The summed E-state index contributed by atoms with van der Waals surface area (Å²) in [7, 11) is 1.16. The van der Waals surface area contributed by atoms with Crippen LogP contribution in [0.5, 0.6) is 0 Å². The van der Waals surface area contributed by atoms with E-state index in [9.17, 15) is 4.79 Å². The first-order valence-electron chi connectivity index (χ1n) is 7.96. The van der Waals surface area contributed by atoms with Crippen molar-refractivity contribution < 1.29 is 18.8 Å². The number of benzene rings is 1. The minimum atomic E-state index is -0.456. The molecule has 0 spiro atoms. The molecule has 1 aliphatic rings. The lowest BCUT2D eigenvalue weighted by atomic mass is 9.75. The van der Waals surface area contributed by atoms with Crippen molar-refractivity contribution in [3.05, 3.63) is 29.8 Å². The molecule has 0 atom stereocenters. The van der Waals surface area contributed by atoms with Crippen molar-refractivity contribution in [3.63, 3.8) is 0 Å². The van der Waals surface area contributed by atoms with Crippen LogP contribution in [0.4, 0.5) is 0 Å². The zero-order chi connectivity index (χ0) is 17.1. The predicted octanol–water partition coefficient (Wildman–Crippen LogP) is 1.29. The van der Waals surface area contributed by atoms with Gasteiger partial charge in [-0.1, -0.05) is 24.3 Å². The summed E-state index contributed by atoms with van der Waals surface area (Å²) >= 11 is 0. The van der Waals surface area contributed by atoms with Gasteiger partial charge in [0.1, 0.15) is 0 Å². The summed E-state index contributed by atoms with van der Waals surface area (Å²) in [6.45, 7) is 9.10. The van der Waals surface area contributed by atoms with Crippen LogP contribution in [0.2, 0.25) is 0 Å². The Kier molecular flexibility index (Phi) is 5.50. The summed E-state index contributed by atoms with van der Waals surface area (Å²) in [5.41, 5.74) is 1.03. The van der Waals surface area contributed by atoms with E-state index in [0.29, 0.717) is 19.6 Å². The summed E-state index contributed by atoms with van der Waals surface area (Å²) in [6, 6.07) is 7.76. The number of hydrogen-bond acceptors (Lipinski definition) is 4. The molecule has 0 aromatic heterocycles. The maximum Gasteiger partial charge on any atom is 0.495 e. The average Bonchev–Trinajstić information content (AvgIpc) is 2.68. The van der Waals surface area contributed by atoms with Gasteiger partial charge in [0.05, 0.1) is 24.2 Å². The maximum absolute atomic E-state index is 12.1. The predicted molar refractivity (Wildman–Crippen MR) is 90.7 cm³/mol. The summed E-state index contributed by atoms with van der Waals surface area (Å²) in [4.78, 5) is 12.1. The molecule has 0 aliphatic carbocycles. The largest absolute Gasteiger partial charge is 0.495 e. The Bertz CT molecular complexity index is 543. The molecule has 1 amide bonds. The van der Waals surface area contributed by atoms with E-state index in [1.54, 1.807) is 7.11 Å². The van der Waals surface area contributed by atoms with E-state index in [-0.39, 0.29) is 5.91 Å². The molecule has 1 fully saturated rings. The van der Waals surface area contributed by atoms with E-state index in [1.807, 2.05) is 52.0 Å². The Morgan fingerprint density at radius 1 is 1.17 bits per heavy atom. The zero-order valence-corrected chi connectivity index (χ0v) is 14.6. The molecule has 1 N–H and O–H groups in total. The third-order valence-electron chi connectivity index (χ3n) is 4.54. The van der Waals surface area contributed by atoms with Gasteiger partial charge in [-0.15, -0.1) is 0 Å². The standard InChI is InChI=1S/C17H26BNO4/c1-16(2)17(3,4)23-18(22-16)14-9-7-6-8-13(14)12-15(20)19-10-11-21-5/h6-9H,10-12H2,1-5H3,(H,19,20). The van der Waals surface area contributed by atoms with Crippen molar-refractivity contribution in [3.8, 4) is 0 Å². The Morgan fingerprint density at radius 3 is 2.39 bits per heavy atom. The second-order valence-corrected chi connectivity index (χ2v) is 6.81. The molecule has 1 aromatic rings. The number of nitrogens with one attached hydrogen (secondary N) is 1. The van der Waals surface area contributed by atoms with Crippen molar-refractivity contribution in [2.75, 3.05) is 20.3 Å². The normalized spacial score (nSPS) is 18.9. The first kappa shape index (κ1) is 18.0. The molecule has 1 aromatic carbocycles. The molecule has 0 unspecified atom stereocenters. The molecule has 23 heavy (non-hydrogen) atoms. The zero-order valence-electron chi connectivity index (χ0n) is 14.6. The topological polar surface area (TPSA) is 56.8 Å². The Balaban J connectivity index is 2.11. The van der Waals surface area contributed by atoms with Gasteiger partial charge >= 0.3 is 7.12 Å². The molecule has 5 nitrogen and oxygen atoms in total. The third-order valence-corrected chi connectivity index (χ3v) is 4.54. The monoisotopic (exact) mass is 319 g/mol. The Hall–Kier alpha value is -1.37. The Morgan fingerprint density at radius 2 is 1.78 bits per heavy atom. The van der Waals surface area contributed by atoms with Crippen LogP contribution in [0.3, 0.4) is 0 Å². The summed E-state index contributed by atoms with van der Waals surface area (Å²) in [5, 5.41) is 2.84. The van der Waals surface area contributed by atoms with Crippen LogP contribution in [0.15, 0.2) is 24.3 Å². The van der Waals surface area contributed by atoms with Gasteiger partial charge in [-0.3, -0.25) is 4.79 Å². The summed E-state index contributed by atoms with van der Waals surface area (Å²) in [6.07, 6.45) is 0.296. The number of carbonyl (C=O) groups is 1. The number of rotatable bonds is 6. The first-order valence-corrected chi connectivity index (χ1v) is 7.96. The number of amides is 1. The second kappa shape index (κ2) is 7.03. The molecule has 0 saturated carbocycles. The fourth-order valence-corrected chi connectivity index (χ4v) is 2.42. The van der Waals surface area contributed by atoms with Gasteiger partial charge in [-0.05, 0) is 38.7 Å². The third kappa shape index (κ3) is 4.13. The maximum atomic E-state index is 12.1. The lowest BCUT2D eigenvalue weighted by Crippen LogP contribution is -2.41. The lowest BCUT2D eigenvalue weighted by Gasteiger charge is -2.32. The van der Waals surface area contributed by atoms with E-state index >= 15 is 0 Å². The van der Waals surface area contributed by atoms with Crippen molar-refractivity contribution in [2.45, 2.75) is 45.3 Å². The quantitative estimate of drug-likeness (QED) is 0.634. The van der Waals surface area contributed by atoms with Gasteiger partial charge in [0, 0.05) is 13.7 Å². The van der Waals surface area contributed by atoms with Gasteiger partial charge in [-0.2, -0.15) is 0 Å². The van der Waals surface area contributed by atoms with Crippen LogP contribution in [-0.4, -0.2) is 44.5 Å². The highest BCUT2D eigenvalue weighted by atomic mass is 16.7. The van der Waals surface area contributed by atoms with Crippen molar-refractivity contribution >= 4 is 18.5 Å². The minimum absolute atomic E-state index is 0.0361. The van der Waals surface area contributed by atoms with E-state index in [2.05, 4.69) is 5.32 Å². The van der Waals surface area contributed by atoms with E-state index < -0.39 is 18.3 Å². The van der Waals surface area contributed by atoms with Crippen LogP contribution < -0.4 is 10.8 Å². The molecule has 2 rings (SSSR count). The molecule has 0 radical (unpaired) electrons. The van der Waals surface area contributed by atoms with Gasteiger partial charge in [0.15, 0.2) is 0 Å². The highest BCUT2D eigenvalue weighted by molar-refractivity contribution is 6.62. The fourth-order valence-electron chi connectivity index (χ4n) is 2.42. The van der Waals surface area contributed by atoms with Crippen LogP contribution in [0, 0.1) is 0 Å². The van der Waals surface area contributed by atoms with Gasteiger partial charge < -0.3 is 19.4 Å². The SMILES string of the molecule is COCCNC(=O)Cc1ccccc1B1OC(C)(C)C(C)(C)O1. The molecular weight excluding hydrogens is 293 g/mol. The van der Waals surface area contributed by atoms with E-state index in [4.69, 9.17) is 14.0 Å². The molecule has 6 heteroatoms. The fraction of sp³-hybridized carbons (Fsp3) is 0.588. The summed E-state index contributed by atoms with van der Waals surface area (Å²) < 4.78 is 17.1. The van der Waals surface area contributed by atoms with Crippen molar-refractivity contribution in [1.29, 1.82) is 0 Å². The van der Waals surface area contributed by atoms with E-state index in [0.717, 1.165) is 11.0 Å². The lowest BCUT2D eigenvalue weighted by molar-refractivity contribution is -0.120. The van der Waals surface area contributed by atoms with Crippen LogP contribution in [0.1, 0.15) is 33.3 Å². The molecule has 126 valence electrons. The van der Waals surface area contributed by atoms with Crippen molar-refractivity contribution in [2.24, 2.45) is 0 Å². The van der Waals surface area contributed by atoms with E-state index in [1.165, 1.54) is 0 Å². The number of carbonyl (C=O) groups excluding carboxylic acids is 1. The van der Waals surface area contributed by atoms with Gasteiger partial charge in [0.25, 0.3) is 0 Å². The molecular formula is C17H26BNO4. The van der Waals surface area contributed by atoms with Crippen LogP contribution in [-0.2, 0) is 25.3 Å².